The molecule has 0 atom stereocenters. The van der Waals surface area contributed by atoms with E-state index in [1.807, 2.05) is 43.3 Å². The van der Waals surface area contributed by atoms with Crippen molar-refractivity contribution in [2.75, 3.05) is 43.5 Å². The van der Waals surface area contributed by atoms with Crippen molar-refractivity contribution in [3.63, 3.8) is 0 Å². The number of piperazine rings is 1. The lowest BCUT2D eigenvalue weighted by atomic mass is 10.2. The van der Waals surface area contributed by atoms with Crippen LogP contribution in [0, 0.1) is 6.92 Å². The molecular formula is C19H21Cl2N3OS. The molecule has 4 nitrogen and oxygen atoms in total. The fourth-order valence-corrected chi connectivity index (χ4v) is 3.55. The molecule has 0 bridgehead atoms. The number of rotatable bonds is 3. The maximum Gasteiger partial charge on any atom is 0.173 e. The summed E-state index contributed by atoms with van der Waals surface area (Å²) in [5.41, 5.74) is 3.13. The molecule has 0 amide bonds. The van der Waals surface area contributed by atoms with Gasteiger partial charge in [0.25, 0.3) is 0 Å². The van der Waals surface area contributed by atoms with Crippen LogP contribution >= 0.6 is 35.4 Å². The van der Waals surface area contributed by atoms with Crippen LogP contribution in [0.1, 0.15) is 5.56 Å². The third-order valence-corrected chi connectivity index (χ3v) is 5.53. The van der Waals surface area contributed by atoms with E-state index in [4.69, 9.17) is 40.2 Å². The third kappa shape index (κ3) is 4.34. The molecule has 2 aromatic carbocycles. The summed E-state index contributed by atoms with van der Waals surface area (Å²) in [6.45, 7) is 5.44. The molecule has 1 N–H and O–H groups in total. The summed E-state index contributed by atoms with van der Waals surface area (Å²) in [4.78, 5) is 4.46. The average Bonchev–Trinajstić information content (AvgIpc) is 2.64. The number of aryl methyl sites for hydroxylation is 1. The Bertz CT molecular complexity index is 807. The topological polar surface area (TPSA) is 27.7 Å². The first-order chi connectivity index (χ1) is 12.5. The van der Waals surface area contributed by atoms with Gasteiger partial charge in [-0.15, -0.1) is 0 Å². The van der Waals surface area contributed by atoms with Gasteiger partial charge in [0.15, 0.2) is 5.11 Å². The van der Waals surface area contributed by atoms with Crippen LogP contribution in [0.2, 0.25) is 10.0 Å². The molecule has 1 aliphatic rings. The molecule has 138 valence electrons. The van der Waals surface area contributed by atoms with Crippen molar-refractivity contribution in [2.45, 2.75) is 6.92 Å². The lowest BCUT2D eigenvalue weighted by Crippen LogP contribution is -2.50. The van der Waals surface area contributed by atoms with E-state index in [1.165, 1.54) is 0 Å². The van der Waals surface area contributed by atoms with Gasteiger partial charge in [0.2, 0.25) is 0 Å². The van der Waals surface area contributed by atoms with Crippen LogP contribution < -0.4 is 15.0 Å². The molecule has 0 spiro atoms. The predicted molar refractivity (Wildman–Crippen MR) is 114 cm³/mol. The van der Waals surface area contributed by atoms with Crippen LogP contribution in [-0.2, 0) is 0 Å². The Morgan fingerprint density at radius 1 is 1.04 bits per heavy atom. The molecule has 0 aromatic heterocycles. The van der Waals surface area contributed by atoms with Gasteiger partial charge in [-0.3, -0.25) is 0 Å². The number of nitrogens with one attached hydrogen (secondary N) is 1. The molecule has 0 aliphatic carbocycles. The Morgan fingerprint density at radius 3 is 2.42 bits per heavy atom. The van der Waals surface area contributed by atoms with Crippen molar-refractivity contribution in [1.29, 1.82) is 0 Å². The quantitative estimate of drug-likeness (QED) is 0.732. The smallest absolute Gasteiger partial charge is 0.173 e. The first kappa shape index (κ1) is 19.1. The third-order valence-electron chi connectivity index (χ3n) is 4.43. The number of nitrogens with zero attached hydrogens (tertiary/aromatic N) is 2. The Hall–Kier alpha value is -1.69. The highest BCUT2D eigenvalue weighted by atomic mass is 35.5. The highest BCUT2D eigenvalue weighted by Gasteiger charge is 2.20. The summed E-state index contributed by atoms with van der Waals surface area (Å²) in [6.07, 6.45) is 0. The monoisotopic (exact) mass is 409 g/mol. The van der Waals surface area contributed by atoms with E-state index in [2.05, 4.69) is 15.1 Å². The van der Waals surface area contributed by atoms with Gasteiger partial charge in [-0.25, -0.2) is 0 Å². The van der Waals surface area contributed by atoms with Crippen molar-refractivity contribution >= 4 is 51.9 Å². The molecule has 0 radical (unpaired) electrons. The molecule has 1 aliphatic heterocycles. The number of benzene rings is 2. The van der Waals surface area contributed by atoms with E-state index in [0.29, 0.717) is 15.2 Å². The molecule has 2 aromatic rings. The zero-order valence-electron chi connectivity index (χ0n) is 14.8. The van der Waals surface area contributed by atoms with E-state index >= 15 is 0 Å². The molecule has 3 rings (SSSR count). The Labute approximate surface area is 169 Å². The number of thiocarbonyl (C=S) groups is 1. The SMILES string of the molecule is COc1ccc(C)cc1NC(=S)N1CCN(c2ccc(Cl)c(Cl)c2)CC1. The molecule has 26 heavy (non-hydrogen) atoms. The van der Waals surface area contributed by atoms with E-state index in [0.717, 1.165) is 48.9 Å². The Kier molecular flexibility index (Phi) is 6.12. The van der Waals surface area contributed by atoms with E-state index < -0.39 is 0 Å². The van der Waals surface area contributed by atoms with Crippen LogP contribution in [0.3, 0.4) is 0 Å². The lowest BCUT2D eigenvalue weighted by Gasteiger charge is -2.37. The zero-order valence-corrected chi connectivity index (χ0v) is 17.1. The highest BCUT2D eigenvalue weighted by Crippen LogP contribution is 2.28. The second kappa shape index (κ2) is 8.33. The van der Waals surface area contributed by atoms with Gasteiger partial charge >= 0.3 is 0 Å². The molecule has 1 saturated heterocycles. The van der Waals surface area contributed by atoms with Gasteiger partial charge in [-0.1, -0.05) is 29.3 Å². The van der Waals surface area contributed by atoms with Gasteiger partial charge in [0, 0.05) is 31.9 Å². The Balaban J connectivity index is 1.62. The van der Waals surface area contributed by atoms with Crippen LogP contribution in [0.25, 0.3) is 0 Å². The van der Waals surface area contributed by atoms with Gasteiger partial charge < -0.3 is 19.9 Å². The minimum atomic E-state index is 0.575. The summed E-state index contributed by atoms with van der Waals surface area (Å²) in [6, 6.07) is 11.7. The number of methoxy groups -OCH3 is 1. The van der Waals surface area contributed by atoms with E-state index in [9.17, 15) is 0 Å². The minimum Gasteiger partial charge on any atom is -0.495 e. The summed E-state index contributed by atoms with van der Waals surface area (Å²) < 4.78 is 5.41. The zero-order chi connectivity index (χ0) is 18.7. The van der Waals surface area contributed by atoms with Crippen molar-refractivity contribution in [3.8, 4) is 5.75 Å². The number of ether oxygens (including phenoxy) is 1. The predicted octanol–water partition coefficient (Wildman–Crippen LogP) is 4.83. The van der Waals surface area contributed by atoms with E-state index in [-0.39, 0.29) is 0 Å². The maximum atomic E-state index is 6.13. The molecule has 0 unspecified atom stereocenters. The molecular weight excluding hydrogens is 389 g/mol. The van der Waals surface area contributed by atoms with Crippen molar-refractivity contribution in [2.24, 2.45) is 0 Å². The second-order valence-electron chi connectivity index (χ2n) is 6.21. The van der Waals surface area contributed by atoms with Crippen molar-refractivity contribution in [1.82, 2.24) is 4.90 Å². The standard InChI is InChI=1S/C19H21Cl2N3OS/c1-13-3-6-18(25-2)17(11-13)22-19(26)24-9-7-23(8-10-24)14-4-5-15(20)16(21)12-14/h3-6,11-12H,7-10H2,1-2H3,(H,22,26). The minimum absolute atomic E-state index is 0.575. The van der Waals surface area contributed by atoms with Crippen LogP contribution in [0.5, 0.6) is 5.75 Å². The molecule has 0 saturated carbocycles. The molecule has 7 heteroatoms. The fourth-order valence-electron chi connectivity index (χ4n) is 2.96. The van der Waals surface area contributed by atoms with Crippen molar-refractivity contribution < 1.29 is 4.74 Å². The number of hydrogen-bond acceptors (Lipinski definition) is 3. The maximum absolute atomic E-state index is 6.13. The Morgan fingerprint density at radius 2 is 1.77 bits per heavy atom. The normalized spacial score (nSPS) is 14.3. The van der Waals surface area contributed by atoms with Crippen molar-refractivity contribution in [3.05, 3.63) is 52.0 Å². The number of anilines is 2. The largest absolute Gasteiger partial charge is 0.495 e. The molecule has 1 heterocycles. The van der Waals surface area contributed by atoms with E-state index in [1.54, 1.807) is 7.11 Å². The van der Waals surface area contributed by atoms with Gasteiger partial charge in [-0.2, -0.15) is 0 Å². The first-order valence-electron chi connectivity index (χ1n) is 8.38. The summed E-state index contributed by atoms with van der Waals surface area (Å²) >= 11 is 17.7. The first-order valence-corrected chi connectivity index (χ1v) is 9.55. The molecule has 1 fully saturated rings. The van der Waals surface area contributed by atoms with Crippen LogP contribution in [0.4, 0.5) is 11.4 Å². The van der Waals surface area contributed by atoms with Gasteiger partial charge in [0.05, 0.1) is 22.8 Å². The second-order valence-corrected chi connectivity index (χ2v) is 7.41. The van der Waals surface area contributed by atoms with Crippen LogP contribution in [-0.4, -0.2) is 43.3 Å². The number of halogens is 2. The number of hydrogen-bond donors (Lipinski definition) is 1. The van der Waals surface area contributed by atoms with Gasteiger partial charge in [-0.05, 0) is 55.0 Å². The summed E-state index contributed by atoms with van der Waals surface area (Å²) in [5, 5.41) is 5.18. The average molecular weight is 410 g/mol. The summed E-state index contributed by atoms with van der Waals surface area (Å²) in [7, 11) is 1.66. The summed E-state index contributed by atoms with van der Waals surface area (Å²) in [5.74, 6) is 0.785. The van der Waals surface area contributed by atoms with Gasteiger partial charge in [0.1, 0.15) is 5.75 Å². The fraction of sp³-hybridized carbons (Fsp3) is 0.316. The lowest BCUT2D eigenvalue weighted by molar-refractivity contribution is 0.390. The van der Waals surface area contributed by atoms with Crippen LogP contribution in [0.15, 0.2) is 36.4 Å². The highest BCUT2D eigenvalue weighted by molar-refractivity contribution is 7.80.